The van der Waals surface area contributed by atoms with Crippen LogP contribution in [0.3, 0.4) is 0 Å². The van der Waals surface area contributed by atoms with E-state index in [1.165, 1.54) is 0 Å². The summed E-state index contributed by atoms with van der Waals surface area (Å²) in [4.78, 5) is 12.2. The van der Waals surface area contributed by atoms with Crippen molar-refractivity contribution in [1.29, 1.82) is 0 Å². The maximum absolute atomic E-state index is 12.2. The van der Waals surface area contributed by atoms with E-state index in [1.807, 2.05) is 37.3 Å². The molecule has 0 aliphatic heterocycles. The van der Waals surface area contributed by atoms with E-state index < -0.39 is 0 Å². The van der Waals surface area contributed by atoms with Crippen molar-refractivity contribution in [3.8, 4) is 11.5 Å². The molecule has 4 heteroatoms. The molecule has 21 heavy (non-hydrogen) atoms. The van der Waals surface area contributed by atoms with Crippen molar-refractivity contribution in [3.63, 3.8) is 0 Å². The second-order valence-corrected chi connectivity index (χ2v) is 4.68. The summed E-state index contributed by atoms with van der Waals surface area (Å²) >= 11 is 0. The Bertz CT molecular complexity index is 638. The summed E-state index contributed by atoms with van der Waals surface area (Å²) in [6, 6.07) is 13.0. The number of carbonyl (C=O) groups excluding carboxylic acids is 1. The average molecular weight is 285 g/mol. The number of para-hydroxylation sites is 1. The van der Waals surface area contributed by atoms with Crippen LogP contribution in [0.5, 0.6) is 11.5 Å². The number of nitrogens with one attached hydrogen (secondary N) is 1. The van der Waals surface area contributed by atoms with Gasteiger partial charge in [0.05, 0.1) is 14.2 Å². The highest BCUT2D eigenvalue weighted by Gasteiger charge is 2.09. The zero-order valence-corrected chi connectivity index (χ0v) is 12.5. The molecule has 0 bridgehead atoms. The minimum Gasteiger partial charge on any atom is -0.496 e. The minimum absolute atomic E-state index is 0.119. The summed E-state index contributed by atoms with van der Waals surface area (Å²) in [5.74, 6) is 1.42. The molecule has 2 aromatic rings. The third-order valence-corrected chi connectivity index (χ3v) is 3.29. The van der Waals surface area contributed by atoms with Gasteiger partial charge in [0.2, 0.25) is 0 Å². The van der Waals surface area contributed by atoms with Crippen LogP contribution in [0.2, 0.25) is 0 Å². The lowest BCUT2D eigenvalue weighted by Crippen LogP contribution is -2.23. The summed E-state index contributed by atoms with van der Waals surface area (Å²) in [5.41, 5.74) is 2.49. The molecule has 0 saturated carbocycles. The molecule has 2 aromatic carbocycles. The van der Waals surface area contributed by atoms with Gasteiger partial charge >= 0.3 is 0 Å². The third-order valence-electron chi connectivity index (χ3n) is 3.29. The van der Waals surface area contributed by atoms with Crippen LogP contribution in [0, 0.1) is 6.92 Å². The van der Waals surface area contributed by atoms with Gasteiger partial charge in [0, 0.05) is 17.7 Å². The Kier molecular flexibility index (Phi) is 4.82. The molecule has 0 aliphatic rings. The third kappa shape index (κ3) is 3.54. The minimum atomic E-state index is -0.119. The molecule has 1 N–H and O–H groups in total. The Morgan fingerprint density at radius 1 is 1.05 bits per heavy atom. The number of aryl methyl sites for hydroxylation is 1. The zero-order valence-electron chi connectivity index (χ0n) is 12.5. The lowest BCUT2D eigenvalue weighted by Gasteiger charge is -2.10. The average Bonchev–Trinajstić information content (AvgIpc) is 2.52. The highest BCUT2D eigenvalue weighted by atomic mass is 16.5. The highest BCUT2D eigenvalue weighted by Crippen LogP contribution is 2.19. The van der Waals surface area contributed by atoms with E-state index in [2.05, 4.69) is 5.32 Å². The molecule has 4 nitrogen and oxygen atoms in total. The zero-order chi connectivity index (χ0) is 15.2. The molecule has 0 heterocycles. The highest BCUT2D eigenvalue weighted by molar-refractivity contribution is 5.94. The Balaban J connectivity index is 2.06. The smallest absolute Gasteiger partial charge is 0.251 e. The number of carbonyl (C=O) groups is 1. The fraction of sp³-hybridized carbons (Fsp3) is 0.235. The van der Waals surface area contributed by atoms with Crippen LogP contribution in [-0.2, 0) is 6.54 Å². The van der Waals surface area contributed by atoms with Gasteiger partial charge in [-0.1, -0.05) is 18.2 Å². The molecule has 2 rings (SSSR count). The van der Waals surface area contributed by atoms with Gasteiger partial charge < -0.3 is 14.8 Å². The molecule has 0 fully saturated rings. The van der Waals surface area contributed by atoms with Crippen molar-refractivity contribution < 1.29 is 14.3 Å². The van der Waals surface area contributed by atoms with Crippen molar-refractivity contribution in [2.45, 2.75) is 13.5 Å². The van der Waals surface area contributed by atoms with E-state index in [0.717, 1.165) is 22.6 Å². The van der Waals surface area contributed by atoms with Gasteiger partial charge in [-0.15, -0.1) is 0 Å². The molecule has 0 aromatic heterocycles. The van der Waals surface area contributed by atoms with Crippen molar-refractivity contribution >= 4 is 5.91 Å². The van der Waals surface area contributed by atoms with E-state index in [9.17, 15) is 4.79 Å². The quantitative estimate of drug-likeness (QED) is 0.918. The molecular formula is C17H19NO3. The number of rotatable bonds is 5. The molecule has 110 valence electrons. The monoisotopic (exact) mass is 285 g/mol. The SMILES string of the molecule is COc1ccc(C(=O)NCc2ccccc2OC)cc1C. The fourth-order valence-corrected chi connectivity index (χ4v) is 2.15. The van der Waals surface area contributed by atoms with Crippen LogP contribution < -0.4 is 14.8 Å². The van der Waals surface area contributed by atoms with E-state index in [4.69, 9.17) is 9.47 Å². The predicted octanol–water partition coefficient (Wildman–Crippen LogP) is 2.94. The van der Waals surface area contributed by atoms with Gasteiger partial charge in [-0.25, -0.2) is 0 Å². The first kappa shape index (κ1) is 14.9. The summed E-state index contributed by atoms with van der Waals surface area (Å²) in [6.07, 6.45) is 0. The number of methoxy groups -OCH3 is 2. The Labute approximate surface area is 124 Å². The molecule has 0 saturated heterocycles. The Hall–Kier alpha value is -2.49. The van der Waals surface area contributed by atoms with Crippen LogP contribution in [0.15, 0.2) is 42.5 Å². The number of hydrogen-bond acceptors (Lipinski definition) is 3. The maximum Gasteiger partial charge on any atom is 0.251 e. The van der Waals surface area contributed by atoms with E-state index in [-0.39, 0.29) is 5.91 Å². The van der Waals surface area contributed by atoms with Crippen molar-refractivity contribution in [3.05, 3.63) is 59.2 Å². The van der Waals surface area contributed by atoms with Crippen molar-refractivity contribution in [2.75, 3.05) is 14.2 Å². The second kappa shape index (κ2) is 6.79. The summed E-state index contributed by atoms with van der Waals surface area (Å²) in [5, 5.41) is 2.89. The molecule has 1 amide bonds. The van der Waals surface area contributed by atoms with Crippen LogP contribution >= 0.6 is 0 Å². The Morgan fingerprint density at radius 2 is 1.76 bits per heavy atom. The molecule has 0 aliphatic carbocycles. The fourth-order valence-electron chi connectivity index (χ4n) is 2.15. The summed E-state index contributed by atoms with van der Waals surface area (Å²) in [7, 11) is 3.23. The molecule has 0 radical (unpaired) electrons. The van der Waals surface area contributed by atoms with Gasteiger partial charge in [0.25, 0.3) is 5.91 Å². The molecular weight excluding hydrogens is 266 g/mol. The normalized spacial score (nSPS) is 10.0. The van der Waals surface area contributed by atoms with Crippen LogP contribution in [-0.4, -0.2) is 20.1 Å². The first-order valence-corrected chi connectivity index (χ1v) is 6.70. The van der Waals surface area contributed by atoms with Gasteiger partial charge in [0.15, 0.2) is 0 Å². The number of ether oxygens (including phenoxy) is 2. The number of hydrogen-bond donors (Lipinski definition) is 1. The Morgan fingerprint density at radius 3 is 2.43 bits per heavy atom. The van der Waals surface area contributed by atoms with E-state index in [0.29, 0.717) is 12.1 Å². The number of benzene rings is 2. The predicted molar refractivity (Wildman–Crippen MR) is 81.9 cm³/mol. The van der Waals surface area contributed by atoms with Crippen LogP contribution in [0.25, 0.3) is 0 Å². The van der Waals surface area contributed by atoms with Crippen LogP contribution in [0.4, 0.5) is 0 Å². The molecule has 0 atom stereocenters. The topological polar surface area (TPSA) is 47.6 Å². The van der Waals surface area contributed by atoms with Gasteiger partial charge in [0.1, 0.15) is 11.5 Å². The van der Waals surface area contributed by atoms with E-state index >= 15 is 0 Å². The molecule has 0 spiro atoms. The lowest BCUT2D eigenvalue weighted by molar-refractivity contribution is 0.0950. The first-order valence-electron chi connectivity index (χ1n) is 6.70. The second-order valence-electron chi connectivity index (χ2n) is 4.68. The van der Waals surface area contributed by atoms with E-state index in [1.54, 1.807) is 26.4 Å². The van der Waals surface area contributed by atoms with Gasteiger partial charge in [-0.05, 0) is 36.8 Å². The first-order chi connectivity index (χ1) is 10.2. The number of amides is 1. The maximum atomic E-state index is 12.2. The van der Waals surface area contributed by atoms with Crippen molar-refractivity contribution in [2.24, 2.45) is 0 Å². The van der Waals surface area contributed by atoms with Gasteiger partial charge in [-0.2, -0.15) is 0 Å². The standard InChI is InChI=1S/C17H19NO3/c1-12-10-13(8-9-15(12)20-2)17(19)18-11-14-6-4-5-7-16(14)21-3/h4-10H,11H2,1-3H3,(H,18,19). The lowest BCUT2D eigenvalue weighted by atomic mass is 10.1. The van der Waals surface area contributed by atoms with Crippen LogP contribution in [0.1, 0.15) is 21.5 Å². The van der Waals surface area contributed by atoms with Crippen molar-refractivity contribution in [1.82, 2.24) is 5.32 Å². The van der Waals surface area contributed by atoms with Gasteiger partial charge in [-0.3, -0.25) is 4.79 Å². The summed E-state index contributed by atoms with van der Waals surface area (Å²) in [6.45, 7) is 2.34. The summed E-state index contributed by atoms with van der Waals surface area (Å²) < 4.78 is 10.5. The molecule has 0 unspecified atom stereocenters. The largest absolute Gasteiger partial charge is 0.496 e.